The Labute approximate surface area is 147 Å². The molecule has 0 aromatic heterocycles. The molecule has 0 saturated carbocycles. The van der Waals surface area contributed by atoms with E-state index >= 15 is 0 Å². The van der Waals surface area contributed by atoms with E-state index in [1.807, 2.05) is 74.5 Å². The SMILES string of the molecule is CC(/C=C/c1ccccc1)=N/NC(=S)Nc1cccc(Cl)c1C. The van der Waals surface area contributed by atoms with Gasteiger partial charge in [0.25, 0.3) is 0 Å². The van der Waals surface area contributed by atoms with Gasteiger partial charge in [-0.1, -0.05) is 54.1 Å². The highest BCUT2D eigenvalue weighted by Gasteiger charge is 2.03. The van der Waals surface area contributed by atoms with E-state index in [0.717, 1.165) is 22.5 Å². The summed E-state index contributed by atoms with van der Waals surface area (Å²) < 4.78 is 0. The Kier molecular flexibility index (Phi) is 6.32. The van der Waals surface area contributed by atoms with Gasteiger partial charge in [-0.15, -0.1) is 0 Å². The summed E-state index contributed by atoms with van der Waals surface area (Å²) in [6, 6.07) is 15.7. The molecule has 23 heavy (non-hydrogen) atoms. The van der Waals surface area contributed by atoms with Gasteiger partial charge >= 0.3 is 0 Å². The van der Waals surface area contributed by atoms with Gasteiger partial charge in [-0.3, -0.25) is 5.43 Å². The molecule has 118 valence electrons. The van der Waals surface area contributed by atoms with E-state index in [2.05, 4.69) is 15.8 Å². The van der Waals surface area contributed by atoms with Crippen molar-refractivity contribution in [2.24, 2.45) is 5.10 Å². The van der Waals surface area contributed by atoms with Crippen LogP contribution in [0.5, 0.6) is 0 Å². The lowest BCUT2D eigenvalue weighted by Crippen LogP contribution is -2.25. The fourth-order valence-electron chi connectivity index (χ4n) is 1.85. The van der Waals surface area contributed by atoms with E-state index in [4.69, 9.17) is 23.8 Å². The third-order valence-corrected chi connectivity index (χ3v) is 3.77. The third kappa shape index (κ3) is 5.51. The van der Waals surface area contributed by atoms with Gasteiger partial charge in [-0.25, -0.2) is 0 Å². The normalized spacial score (nSPS) is 11.5. The average Bonchev–Trinajstić information content (AvgIpc) is 2.56. The van der Waals surface area contributed by atoms with Gasteiger partial charge in [0.1, 0.15) is 0 Å². The standard InChI is InChI=1S/C18H18ClN3S/c1-13(11-12-15-7-4-3-5-8-15)21-22-18(23)20-17-10-6-9-16(19)14(17)2/h3-12H,1-2H3,(H2,20,22,23)/b12-11+,21-13-. The Balaban J connectivity index is 1.92. The monoisotopic (exact) mass is 343 g/mol. The molecule has 0 fully saturated rings. The third-order valence-electron chi connectivity index (χ3n) is 3.17. The molecular formula is C18H18ClN3S. The minimum Gasteiger partial charge on any atom is -0.331 e. The van der Waals surface area contributed by atoms with Gasteiger partial charge in [-0.05, 0) is 55.4 Å². The van der Waals surface area contributed by atoms with Crippen molar-refractivity contribution in [1.29, 1.82) is 0 Å². The van der Waals surface area contributed by atoms with Crippen LogP contribution in [0.3, 0.4) is 0 Å². The van der Waals surface area contributed by atoms with E-state index in [-0.39, 0.29) is 0 Å². The van der Waals surface area contributed by atoms with Gasteiger partial charge < -0.3 is 5.32 Å². The maximum Gasteiger partial charge on any atom is 0.191 e. The summed E-state index contributed by atoms with van der Waals surface area (Å²) in [4.78, 5) is 0. The quantitative estimate of drug-likeness (QED) is 0.464. The van der Waals surface area contributed by atoms with Crippen molar-refractivity contribution < 1.29 is 0 Å². The number of halogens is 1. The molecule has 0 aliphatic rings. The smallest absolute Gasteiger partial charge is 0.191 e. The number of nitrogens with zero attached hydrogens (tertiary/aromatic N) is 1. The summed E-state index contributed by atoms with van der Waals surface area (Å²) >= 11 is 11.3. The molecular weight excluding hydrogens is 326 g/mol. The van der Waals surface area contributed by atoms with Gasteiger partial charge in [0.15, 0.2) is 5.11 Å². The van der Waals surface area contributed by atoms with Crippen LogP contribution in [0.15, 0.2) is 59.7 Å². The number of nitrogens with one attached hydrogen (secondary N) is 2. The highest BCUT2D eigenvalue weighted by atomic mass is 35.5. The molecule has 0 aliphatic carbocycles. The van der Waals surface area contributed by atoms with Crippen molar-refractivity contribution in [3.8, 4) is 0 Å². The first-order chi connectivity index (χ1) is 11.1. The van der Waals surface area contributed by atoms with Crippen molar-refractivity contribution in [2.45, 2.75) is 13.8 Å². The number of allylic oxidation sites excluding steroid dienone is 1. The van der Waals surface area contributed by atoms with Crippen LogP contribution in [0.25, 0.3) is 6.08 Å². The Bertz CT molecular complexity index is 739. The second-order valence-electron chi connectivity index (χ2n) is 4.98. The summed E-state index contributed by atoms with van der Waals surface area (Å²) in [6.07, 6.45) is 3.92. The van der Waals surface area contributed by atoms with E-state index in [1.54, 1.807) is 0 Å². The summed E-state index contributed by atoms with van der Waals surface area (Å²) in [7, 11) is 0. The van der Waals surface area contributed by atoms with Crippen molar-refractivity contribution in [1.82, 2.24) is 5.43 Å². The molecule has 2 aromatic carbocycles. The molecule has 0 aliphatic heterocycles. The molecule has 2 N–H and O–H groups in total. The summed E-state index contributed by atoms with van der Waals surface area (Å²) in [5.74, 6) is 0. The molecule has 5 heteroatoms. The number of benzene rings is 2. The van der Waals surface area contributed by atoms with Crippen molar-refractivity contribution in [3.63, 3.8) is 0 Å². The molecule has 0 amide bonds. The van der Waals surface area contributed by atoms with Crippen LogP contribution >= 0.6 is 23.8 Å². The molecule has 2 rings (SSSR count). The van der Waals surface area contributed by atoms with Crippen LogP contribution in [0.2, 0.25) is 5.02 Å². The van der Waals surface area contributed by atoms with Crippen LogP contribution in [0.4, 0.5) is 5.69 Å². The van der Waals surface area contributed by atoms with Crippen LogP contribution < -0.4 is 10.7 Å². The number of anilines is 1. The zero-order chi connectivity index (χ0) is 16.7. The molecule has 0 radical (unpaired) electrons. The Hall–Kier alpha value is -2.17. The zero-order valence-electron chi connectivity index (χ0n) is 13.0. The van der Waals surface area contributed by atoms with E-state index in [1.165, 1.54) is 0 Å². The van der Waals surface area contributed by atoms with Crippen LogP contribution in [-0.4, -0.2) is 10.8 Å². The molecule has 0 heterocycles. The summed E-state index contributed by atoms with van der Waals surface area (Å²) in [5.41, 5.74) is 6.58. The fourth-order valence-corrected chi connectivity index (χ4v) is 2.18. The largest absolute Gasteiger partial charge is 0.331 e. The van der Waals surface area contributed by atoms with Gasteiger partial charge in [0.2, 0.25) is 0 Å². The molecule has 3 nitrogen and oxygen atoms in total. The molecule has 0 atom stereocenters. The van der Waals surface area contributed by atoms with Crippen molar-refractivity contribution in [3.05, 3.63) is 70.8 Å². The van der Waals surface area contributed by atoms with Crippen LogP contribution in [0, 0.1) is 6.92 Å². The van der Waals surface area contributed by atoms with Gasteiger partial charge in [0, 0.05) is 10.7 Å². The summed E-state index contributed by atoms with van der Waals surface area (Å²) in [6.45, 7) is 3.84. The summed E-state index contributed by atoms with van der Waals surface area (Å²) in [5, 5.41) is 8.43. The van der Waals surface area contributed by atoms with E-state index in [9.17, 15) is 0 Å². The minimum atomic E-state index is 0.419. The molecule has 0 bridgehead atoms. The lowest BCUT2D eigenvalue weighted by Gasteiger charge is -2.10. The maximum absolute atomic E-state index is 6.08. The average molecular weight is 344 g/mol. The first-order valence-electron chi connectivity index (χ1n) is 7.16. The Morgan fingerprint density at radius 3 is 2.61 bits per heavy atom. The Morgan fingerprint density at radius 1 is 1.13 bits per heavy atom. The highest BCUT2D eigenvalue weighted by Crippen LogP contribution is 2.22. The number of hydrazone groups is 1. The number of thiocarbonyl (C=S) groups is 1. The van der Waals surface area contributed by atoms with Crippen molar-refractivity contribution in [2.75, 3.05) is 5.32 Å². The zero-order valence-corrected chi connectivity index (χ0v) is 14.6. The second-order valence-corrected chi connectivity index (χ2v) is 5.79. The van der Waals surface area contributed by atoms with Crippen LogP contribution in [-0.2, 0) is 0 Å². The lowest BCUT2D eigenvalue weighted by atomic mass is 10.2. The minimum absolute atomic E-state index is 0.419. The van der Waals surface area contributed by atoms with Gasteiger partial charge in [0.05, 0.1) is 5.71 Å². The predicted octanol–water partition coefficient (Wildman–Crippen LogP) is 5.02. The topological polar surface area (TPSA) is 36.4 Å². The number of hydrogen-bond acceptors (Lipinski definition) is 2. The fraction of sp³-hybridized carbons (Fsp3) is 0.111. The molecule has 0 unspecified atom stereocenters. The number of hydrogen-bond donors (Lipinski definition) is 2. The van der Waals surface area contributed by atoms with Crippen molar-refractivity contribution >= 4 is 46.4 Å². The highest BCUT2D eigenvalue weighted by molar-refractivity contribution is 7.80. The molecule has 0 spiro atoms. The predicted molar refractivity (Wildman–Crippen MR) is 104 cm³/mol. The van der Waals surface area contributed by atoms with Crippen LogP contribution in [0.1, 0.15) is 18.1 Å². The first-order valence-corrected chi connectivity index (χ1v) is 7.94. The number of rotatable bonds is 4. The van der Waals surface area contributed by atoms with E-state index < -0.39 is 0 Å². The lowest BCUT2D eigenvalue weighted by molar-refractivity contribution is 1.04. The molecule has 0 saturated heterocycles. The van der Waals surface area contributed by atoms with Gasteiger partial charge in [-0.2, -0.15) is 5.10 Å². The molecule has 2 aromatic rings. The second kappa shape index (κ2) is 8.46. The maximum atomic E-state index is 6.08. The Morgan fingerprint density at radius 2 is 1.87 bits per heavy atom. The van der Waals surface area contributed by atoms with E-state index in [0.29, 0.717) is 10.1 Å². The first kappa shape index (κ1) is 17.2.